The molecule has 0 unspecified atom stereocenters. The van der Waals surface area contributed by atoms with Gasteiger partial charge in [0.05, 0.1) is 11.3 Å². The van der Waals surface area contributed by atoms with E-state index in [4.69, 9.17) is 0 Å². The Morgan fingerprint density at radius 1 is 1.30 bits per heavy atom. The Hall–Kier alpha value is -1.40. The van der Waals surface area contributed by atoms with Crippen molar-refractivity contribution in [3.05, 3.63) is 40.4 Å². The van der Waals surface area contributed by atoms with E-state index in [0.29, 0.717) is 17.1 Å². The van der Waals surface area contributed by atoms with Crippen molar-refractivity contribution in [3.8, 4) is 10.6 Å². The van der Waals surface area contributed by atoms with Crippen LogP contribution in [0.15, 0.2) is 24.3 Å². The molecule has 2 nitrogen and oxygen atoms in total. The van der Waals surface area contributed by atoms with Gasteiger partial charge in [0, 0.05) is 17.0 Å². The largest absolute Gasteiger partial charge is 0.416 e. The first-order valence-electron chi connectivity index (χ1n) is 6.26. The predicted molar refractivity (Wildman–Crippen MR) is 74.7 cm³/mol. The Labute approximate surface area is 119 Å². The average Bonchev–Trinajstić information content (AvgIpc) is 2.77. The molecule has 0 aliphatic heterocycles. The Balaban J connectivity index is 2.32. The van der Waals surface area contributed by atoms with Crippen LogP contribution in [0.1, 0.15) is 23.1 Å². The highest BCUT2D eigenvalue weighted by Crippen LogP contribution is 2.34. The number of nitrogens with zero attached hydrogens (tertiary/aromatic N) is 1. The van der Waals surface area contributed by atoms with Gasteiger partial charge >= 0.3 is 6.18 Å². The Bertz CT molecular complexity index is 590. The number of hydrogen-bond acceptors (Lipinski definition) is 3. The maximum absolute atomic E-state index is 12.7. The van der Waals surface area contributed by atoms with Crippen molar-refractivity contribution in [3.63, 3.8) is 0 Å². The van der Waals surface area contributed by atoms with Gasteiger partial charge in [0.15, 0.2) is 0 Å². The molecule has 0 spiro atoms. The minimum absolute atomic E-state index is 0.510. The number of aromatic nitrogens is 1. The van der Waals surface area contributed by atoms with Crippen molar-refractivity contribution < 1.29 is 13.2 Å². The minimum atomic E-state index is -4.32. The Morgan fingerprint density at radius 2 is 2.05 bits per heavy atom. The highest BCUT2D eigenvalue weighted by atomic mass is 32.1. The summed E-state index contributed by atoms with van der Waals surface area (Å²) in [7, 11) is 0. The van der Waals surface area contributed by atoms with Gasteiger partial charge in [-0.1, -0.05) is 19.1 Å². The molecule has 2 rings (SSSR count). The molecule has 0 aliphatic carbocycles. The van der Waals surface area contributed by atoms with Gasteiger partial charge in [-0.2, -0.15) is 13.2 Å². The number of benzene rings is 1. The van der Waals surface area contributed by atoms with Crippen molar-refractivity contribution >= 4 is 11.3 Å². The predicted octanol–water partition coefficient (Wildman–Crippen LogP) is 4.25. The summed E-state index contributed by atoms with van der Waals surface area (Å²) >= 11 is 1.43. The van der Waals surface area contributed by atoms with E-state index < -0.39 is 11.7 Å². The van der Waals surface area contributed by atoms with Crippen molar-refractivity contribution in [1.82, 2.24) is 10.3 Å². The molecule has 108 valence electrons. The number of halogens is 3. The fourth-order valence-electron chi connectivity index (χ4n) is 1.78. The van der Waals surface area contributed by atoms with Crippen molar-refractivity contribution in [2.24, 2.45) is 0 Å². The van der Waals surface area contributed by atoms with Gasteiger partial charge in [-0.15, -0.1) is 11.3 Å². The molecule has 1 N–H and O–H groups in total. The molecule has 1 aromatic carbocycles. The van der Waals surface area contributed by atoms with Crippen LogP contribution in [0.5, 0.6) is 0 Å². The number of hydrogen-bond donors (Lipinski definition) is 1. The maximum atomic E-state index is 12.7. The van der Waals surface area contributed by atoms with Crippen LogP contribution in [0.25, 0.3) is 10.6 Å². The van der Waals surface area contributed by atoms with Crippen LogP contribution in [0.3, 0.4) is 0 Å². The summed E-state index contributed by atoms with van der Waals surface area (Å²) in [5.41, 5.74) is 0.732. The third kappa shape index (κ3) is 3.37. The average molecular weight is 300 g/mol. The normalized spacial score (nSPS) is 11.8. The molecule has 2 aromatic rings. The molecule has 0 bridgehead atoms. The Kier molecular flexibility index (Phi) is 4.45. The fourth-order valence-corrected chi connectivity index (χ4v) is 2.81. The van der Waals surface area contributed by atoms with Gasteiger partial charge in [0.1, 0.15) is 5.01 Å². The summed E-state index contributed by atoms with van der Waals surface area (Å²) in [4.78, 5) is 5.42. The molecule has 20 heavy (non-hydrogen) atoms. The molecule has 6 heteroatoms. The second-order valence-corrected chi connectivity index (χ2v) is 5.47. The zero-order valence-corrected chi connectivity index (χ0v) is 12.0. The van der Waals surface area contributed by atoms with Crippen LogP contribution in [-0.2, 0) is 12.7 Å². The molecular formula is C14H15F3N2S. The van der Waals surface area contributed by atoms with Crippen molar-refractivity contribution in [2.75, 3.05) is 6.54 Å². The van der Waals surface area contributed by atoms with Crippen LogP contribution < -0.4 is 5.32 Å². The topological polar surface area (TPSA) is 24.9 Å². The lowest BCUT2D eigenvalue weighted by Gasteiger charge is -2.07. The summed E-state index contributed by atoms with van der Waals surface area (Å²) in [5, 5.41) is 3.82. The first-order chi connectivity index (χ1) is 9.41. The summed E-state index contributed by atoms with van der Waals surface area (Å²) in [6.45, 7) is 5.42. The van der Waals surface area contributed by atoms with Crippen LogP contribution in [0.4, 0.5) is 13.2 Å². The SMILES string of the molecule is CCNCc1sc(-c2cccc(C(F)(F)F)c2)nc1C. The number of nitrogens with one attached hydrogen (secondary N) is 1. The van der Waals surface area contributed by atoms with Crippen LogP contribution >= 0.6 is 11.3 Å². The third-order valence-electron chi connectivity index (χ3n) is 2.87. The van der Waals surface area contributed by atoms with E-state index in [9.17, 15) is 13.2 Å². The molecule has 0 fully saturated rings. The maximum Gasteiger partial charge on any atom is 0.416 e. The van der Waals surface area contributed by atoms with Gasteiger partial charge in [0.25, 0.3) is 0 Å². The van der Waals surface area contributed by atoms with Gasteiger partial charge in [-0.3, -0.25) is 0 Å². The van der Waals surface area contributed by atoms with E-state index in [2.05, 4.69) is 10.3 Å². The smallest absolute Gasteiger partial charge is 0.312 e. The summed E-state index contributed by atoms with van der Waals surface area (Å²) in [5.74, 6) is 0. The summed E-state index contributed by atoms with van der Waals surface area (Å²) in [6.07, 6.45) is -4.32. The minimum Gasteiger partial charge on any atom is -0.312 e. The number of aryl methyl sites for hydroxylation is 1. The highest BCUT2D eigenvalue weighted by Gasteiger charge is 2.30. The quantitative estimate of drug-likeness (QED) is 0.913. The molecule has 1 aromatic heterocycles. The first-order valence-corrected chi connectivity index (χ1v) is 7.08. The molecule has 0 amide bonds. The summed E-state index contributed by atoms with van der Waals surface area (Å²) in [6, 6.07) is 5.29. The molecule has 1 heterocycles. The van der Waals surface area contributed by atoms with E-state index in [-0.39, 0.29) is 0 Å². The molecule has 0 atom stereocenters. The Morgan fingerprint density at radius 3 is 2.70 bits per heavy atom. The van der Waals surface area contributed by atoms with E-state index in [1.807, 2.05) is 13.8 Å². The van der Waals surface area contributed by atoms with E-state index in [0.717, 1.165) is 29.2 Å². The van der Waals surface area contributed by atoms with Crippen LogP contribution in [-0.4, -0.2) is 11.5 Å². The van der Waals surface area contributed by atoms with E-state index in [1.165, 1.54) is 17.4 Å². The standard InChI is InChI=1S/C14H15F3N2S/c1-3-18-8-12-9(2)19-13(20-12)10-5-4-6-11(7-10)14(15,16)17/h4-7,18H,3,8H2,1-2H3. The van der Waals surface area contributed by atoms with Crippen LogP contribution in [0.2, 0.25) is 0 Å². The second-order valence-electron chi connectivity index (χ2n) is 4.39. The number of thiazole rings is 1. The fraction of sp³-hybridized carbons (Fsp3) is 0.357. The first kappa shape index (κ1) is 15.0. The molecule has 0 radical (unpaired) electrons. The molecule has 0 saturated carbocycles. The lowest BCUT2D eigenvalue weighted by atomic mass is 10.1. The lowest BCUT2D eigenvalue weighted by molar-refractivity contribution is -0.137. The van der Waals surface area contributed by atoms with Crippen molar-refractivity contribution in [1.29, 1.82) is 0 Å². The molecule has 0 saturated heterocycles. The van der Waals surface area contributed by atoms with E-state index >= 15 is 0 Å². The third-order valence-corrected chi connectivity index (χ3v) is 4.07. The van der Waals surface area contributed by atoms with Crippen molar-refractivity contribution in [2.45, 2.75) is 26.6 Å². The van der Waals surface area contributed by atoms with E-state index in [1.54, 1.807) is 6.07 Å². The summed E-state index contributed by atoms with van der Waals surface area (Å²) < 4.78 is 38.1. The highest BCUT2D eigenvalue weighted by molar-refractivity contribution is 7.15. The molecule has 0 aliphatic rings. The van der Waals surface area contributed by atoms with Gasteiger partial charge in [-0.05, 0) is 25.6 Å². The zero-order chi connectivity index (χ0) is 14.8. The zero-order valence-electron chi connectivity index (χ0n) is 11.2. The lowest BCUT2D eigenvalue weighted by Crippen LogP contribution is -2.11. The monoisotopic (exact) mass is 300 g/mol. The van der Waals surface area contributed by atoms with Gasteiger partial charge in [-0.25, -0.2) is 4.98 Å². The molecular weight excluding hydrogens is 285 g/mol. The number of alkyl halides is 3. The van der Waals surface area contributed by atoms with Crippen LogP contribution in [0, 0.1) is 6.92 Å². The second kappa shape index (κ2) is 5.93. The number of rotatable bonds is 4. The van der Waals surface area contributed by atoms with Gasteiger partial charge < -0.3 is 5.32 Å². The van der Waals surface area contributed by atoms with Gasteiger partial charge in [0.2, 0.25) is 0 Å².